The normalized spacial score (nSPS) is 21.0. The molecule has 1 aliphatic heterocycles. The Morgan fingerprint density at radius 3 is 2.67 bits per heavy atom. The van der Waals surface area contributed by atoms with Gasteiger partial charge in [-0.1, -0.05) is 13.0 Å². The number of amides is 2. The lowest BCUT2D eigenvalue weighted by Gasteiger charge is -2.39. The highest BCUT2D eigenvalue weighted by Gasteiger charge is 2.50. The average Bonchev–Trinajstić information content (AvgIpc) is 3.13. The standard InChI is InChI=1S/C18H28N2O3S/c1-6-18(15(21)19(5)13-14-9-7-12-24-14)10-8-11-20(18)16(22)23-17(2,3)4/h7,9,12H,6,8,10-11,13H2,1-5H3/t18-/m1/s1. The number of rotatable bonds is 4. The topological polar surface area (TPSA) is 49.9 Å². The number of hydrogen-bond donors (Lipinski definition) is 0. The molecule has 0 bridgehead atoms. The zero-order valence-electron chi connectivity index (χ0n) is 15.3. The van der Waals surface area contributed by atoms with E-state index in [1.54, 1.807) is 21.1 Å². The van der Waals surface area contributed by atoms with Crippen molar-refractivity contribution >= 4 is 23.3 Å². The van der Waals surface area contributed by atoms with Gasteiger partial charge in [-0.2, -0.15) is 0 Å². The van der Waals surface area contributed by atoms with Crippen LogP contribution >= 0.6 is 11.3 Å². The second-order valence-electron chi connectivity index (χ2n) is 7.36. The Morgan fingerprint density at radius 1 is 1.42 bits per heavy atom. The second-order valence-corrected chi connectivity index (χ2v) is 8.39. The molecule has 0 saturated carbocycles. The van der Waals surface area contributed by atoms with Crippen LogP contribution in [0.5, 0.6) is 0 Å². The van der Waals surface area contributed by atoms with Crippen molar-refractivity contribution in [3.8, 4) is 0 Å². The lowest BCUT2D eigenvalue weighted by molar-refractivity contribution is -0.142. The molecule has 24 heavy (non-hydrogen) atoms. The molecule has 5 nitrogen and oxygen atoms in total. The molecule has 0 N–H and O–H groups in total. The molecule has 2 amide bonds. The zero-order chi connectivity index (χ0) is 18.0. The third kappa shape index (κ3) is 3.91. The van der Waals surface area contributed by atoms with E-state index in [9.17, 15) is 9.59 Å². The molecule has 1 aliphatic rings. The van der Waals surface area contributed by atoms with Gasteiger partial charge in [0.15, 0.2) is 0 Å². The minimum absolute atomic E-state index is 0.00163. The predicted octanol–water partition coefficient (Wildman–Crippen LogP) is 3.89. The predicted molar refractivity (Wildman–Crippen MR) is 96.0 cm³/mol. The van der Waals surface area contributed by atoms with Crippen LogP contribution in [-0.2, 0) is 16.1 Å². The van der Waals surface area contributed by atoms with E-state index in [1.807, 2.05) is 52.3 Å². The molecule has 1 aromatic rings. The summed E-state index contributed by atoms with van der Waals surface area (Å²) in [5.74, 6) is 0.00163. The fourth-order valence-corrected chi connectivity index (χ4v) is 4.02. The minimum Gasteiger partial charge on any atom is -0.444 e. The number of carbonyl (C=O) groups excluding carboxylic acids is 2. The van der Waals surface area contributed by atoms with Crippen LogP contribution in [-0.4, -0.2) is 46.5 Å². The number of likely N-dealkylation sites (N-methyl/N-ethyl adjacent to an activating group) is 1. The Hall–Kier alpha value is -1.56. The summed E-state index contributed by atoms with van der Waals surface area (Å²) >= 11 is 1.63. The molecule has 1 aromatic heterocycles. The second kappa shape index (κ2) is 7.13. The highest BCUT2D eigenvalue weighted by Crippen LogP contribution is 2.35. The van der Waals surface area contributed by atoms with Crippen molar-refractivity contribution in [1.29, 1.82) is 0 Å². The summed E-state index contributed by atoms with van der Waals surface area (Å²) in [4.78, 5) is 30.3. The van der Waals surface area contributed by atoms with Gasteiger partial charge in [-0.05, 0) is 51.5 Å². The van der Waals surface area contributed by atoms with Crippen LogP contribution in [0.25, 0.3) is 0 Å². The number of ether oxygens (including phenoxy) is 1. The number of nitrogens with zero attached hydrogens (tertiary/aromatic N) is 2. The lowest BCUT2D eigenvalue weighted by atomic mass is 9.91. The van der Waals surface area contributed by atoms with Crippen LogP contribution in [0.3, 0.4) is 0 Å². The van der Waals surface area contributed by atoms with Crippen molar-refractivity contribution in [3.05, 3.63) is 22.4 Å². The summed E-state index contributed by atoms with van der Waals surface area (Å²) in [5.41, 5.74) is -1.35. The summed E-state index contributed by atoms with van der Waals surface area (Å²) < 4.78 is 5.53. The van der Waals surface area contributed by atoms with E-state index in [-0.39, 0.29) is 12.0 Å². The van der Waals surface area contributed by atoms with Crippen LogP contribution in [0.2, 0.25) is 0 Å². The maximum Gasteiger partial charge on any atom is 0.411 e. The van der Waals surface area contributed by atoms with Gasteiger partial charge in [0.1, 0.15) is 11.1 Å². The van der Waals surface area contributed by atoms with Crippen molar-refractivity contribution in [1.82, 2.24) is 9.80 Å². The maximum absolute atomic E-state index is 13.2. The minimum atomic E-state index is -0.783. The average molecular weight is 353 g/mol. The quantitative estimate of drug-likeness (QED) is 0.826. The molecule has 2 heterocycles. The van der Waals surface area contributed by atoms with Gasteiger partial charge in [-0.25, -0.2) is 4.79 Å². The Balaban J connectivity index is 2.18. The van der Waals surface area contributed by atoms with Crippen molar-refractivity contribution in [2.24, 2.45) is 0 Å². The molecule has 134 valence electrons. The van der Waals surface area contributed by atoms with E-state index < -0.39 is 11.1 Å². The van der Waals surface area contributed by atoms with Gasteiger partial charge >= 0.3 is 6.09 Å². The van der Waals surface area contributed by atoms with Crippen LogP contribution in [0.4, 0.5) is 4.79 Å². The molecule has 6 heteroatoms. The van der Waals surface area contributed by atoms with E-state index in [2.05, 4.69) is 0 Å². The van der Waals surface area contributed by atoms with Gasteiger partial charge in [0.2, 0.25) is 5.91 Å². The van der Waals surface area contributed by atoms with Crippen molar-refractivity contribution in [2.45, 2.75) is 64.6 Å². The molecule has 0 unspecified atom stereocenters. The Bertz CT molecular complexity index is 580. The molecule has 0 radical (unpaired) electrons. The Labute approximate surface area is 148 Å². The molecule has 0 aliphatic carbocycles. The zero-order valence-corrected chi connectivity index (χ0v) is 16.1. The van der Waals surface area contributed by atoms with Gasteiger partial charge in [0.25, 0.3) is 0 Å². The van der Waals surface area contributed by atoms with Gasteiger partial charge in [0.05, 0.1) is 6.54 Å². The summed E-state index contributed by atoms with van der Waals surface area (Å²) in [7, 11) is 1.81. The molecule has 1 atom stereocenters. The molecule has 1 saturated heterocycles. The third-order valence-corrected chi connectivity index (χ3v) is 5.27. The lowest BCUT2D eigenvalue weighted by Crippen LogP contribution is -2.57. The fourth-order valence-electron chi connectivity index (χ4n) is 3.27. The monoisotopic (exact) mass is 352 g/mol. The molecular formula is C18H28N2O3S. The van der Waals surface area contributed by atoms with E-state index in [0.29, 0.717) is 25.9 Å². The number of hydrogen-bond acceptors (Lipinski definition) is 4. The summed E-state index contributed by atoms with van der Waals surface area (Å²) in [6.45, 7) is 8.65. The highest BCUT2D eigenvalue weighted by atomic mass is 32.1. The molecule has 1 fully saturated rings. The largest absolute Gasteiger partial charge is 0.444 e. The molecule has 2 rings (SSSR count). The van der Waals surface area contributed by atoms with Crippen LogP contribution in [0, 0.1) is 0 Å². The van der Waals surface area contributed by atoms with Crippen molar-refractivity contribution in [2.75, 3.05) is 13.6 Å². The van der Waals surface area contributed by atoms with Crippen molar-refractivity contribution in [3.63, 3.8) is 0 Å². The third-order valence-electron chi connectivity index (χ3n) is 4.41. The molecular weight excluding hydrogens is 324 g/mol. The Kier molecular flexibility index (Phi) is 5.58. The van der Waals surface area contributed by atoms with Crippen LogP contribution in [0.1, 0.15) is 51.8 Å². The van der Waals surface area contributed by atoms with E-state index in [1.165, 1.54) is 0 Å². The van der Waals surface area contributed by atoms with E-state index >= 15 is 0 Å². The smallest absolute Gasteiger partial charge is 0.411 e. The van der Waals surface area contributed by atoms with Crippen LogP contribution in [0.15, 0.2) is 17.5 Å². The van der Waals surface area contributed by atoms with Gasteiger partial charge < -0.3 is 9.64 Å². The fraction of sp³-hybridized carbons (Fsp3) is 0.667. The molecule has 0 aromatic carbocycles. The van der Waals surface area contributed by atoms with Gasteiger partial charge in [0, 0.05) is 18.5 Å². The Morgan fingerprint density at radius 2 is 2.12 bits per heavy atom. The SMILES string of the molecule is CC[C@]1(C(=O)N(C)Cc2cccs2)CCCN1C(=O)OC(C)(C)C. The first-order valence-electron chi connectivity index (χ1n) is 8.48. The summed E-state index contributed by atoms with van der Waals surface area (Å²) in [6.07, 6.45) is 1.72. The number of likely N-dealkylation sites (tertiary alicyclic amines) is 1. The maximum atomic E-state index is 13.2. The molecule has 0 spiro atoms. The first-order chi connectivity index (χ1) is 11.2. The first kappa shape index (κ1) is 18.8. The van der Waals surface area contributed by atoms with E-state index in [0.717, 1.165) is 11.3 Å². The van der Waals surface area contributed by atoms with Crippen LogP contribution < -0.4 is 0 Å². The number of thiophene rings is 1. The summed E-state index contributed by atoms with van der Waals surface area (Å²) in [6, 6.07) is 4.00. The highest BCUT2D eigenvalue weighted by molar-refractivity contribution is 7.09. The summed E-state index contributed by atoms with van der Waals surface area (Å²) in [5, 5.41) is 2.01. The first-order valence-corrected chi connectivity index (χ1v) is 9.36. The number of carbonyl (C=O) groups is 2. The van der Waals surface area contributed by atoms with Gasteiger partial charge in [-0.3, -0.25) is 9.69 Å². The van der Waals surface area contributed by atoms with E-state index in [4.69, 9.17) is 4.74 Å². The van der Waals surface area contributed by atoms with Gasteiger partial charge in [-0.15, -0.1) is 11.3 Å². The van der Waals surface area contributed by atoms with Crippen molar-refractivity contribution < 1.29 is 14.3 Å².